The Bertz CT molecular complexity index is 926. The van der Waals surface area contributed by atoms with Crippen LogP contribution in [-0.4, -0.2) is 46.9 Å². The number of likely N-dealkylation sites (N-methyl/N-ethyl adjacent to an activating group) is 1. The number of nitrogens with zero attached hydrogens (tertiary/aromatic N) is 1. The van der Waals surface area contributed by atoms with Gasteiger partial charge in [0.1, 0.15) is 6.04 Å². The highest BCUT2D eigenvalue weighted by Gasteiger charge is 2.41. The highest BCUT2D eigenvalue weighted by atomic mass is 16.4. The Morgan fingerprint density at radius 3 is 1.91 bits per heavy atom. The molecule has 2 amide bonds. The number of carboxylic acid groups (broad SMARTS) is 1. The molecule has 6 nitrogen and oxygen atoms in total. The molecule has 0 heterocycles. The Morgan fingerprint density at radius 1 is 1.00 bits per heavy atom. The SMILES string of the molecule is CCC(=C(C)C(=O)O)[C@H](C(C)C)N(C)C(=O)[C@@H](NC(=O)[C@@H](C)C(C)(C)c1ccccc1)C(C)(C)C. The van der Waals surface area contributed by atoms with Gasteiger partial charge in [0, 0.05) is 24.0 Å². The lowest BCUT2D eigenvalue weighted by Gasteiger charge is -2.40. The van der Waals surface area contributed by atoms with Gasteiger partial charge in [0.25, 0.3) is 0 Å². The number of hydrogen-bond donors (Lipinski definition) is 2. The van der Waals surface area contributed by atoms with Gasteiger partial charge in [0.05, 0.1) is 6.04 Å². The third-order valence-electron chi connectivity index (χ3n) is 7.33. The van der Waals surface area contributed by atoms with Crippen molar-refractivity contribution >= 4 is 17.8 Å². The van der Waals surface area contributed by atoms with Crippen molar-refractivity contribution in [3.8, 4) is 0 Å². The fraction of sp³-hybridized carbons (Fsp3) is 0.621. The second-order valence-corrected chi connectivity index (χ2v) is 11.6. The summed E-state index contributed by atoms with van der Waals surface area (Å²) in [5, 5.41) is 12.7. The van der Waals surface area contributed by atoms with Crippen LogP contribution in [-0.2, 0) is 19.8 Å². The fourth-order valence-corrected chi connectivity index (χ4v) is 4.62. The Hall–Kier alpha value is -2.63. The second-order valence-electron chi connectivity index (χ2n) is 11.6. The first-order chi connectivity index (χ1) is 16.0. The summed E-state index contributed by atoms with van der Waals surface area (Å²) in [7, 11) is 1.71. The molecule has 0 bridgehead atoms. The van der Waals surface area contributed by atoms with Crippen molar-refractivity contribution in [3.63, 3.8) is 0 Å². The molecule has 0 saturated heterocycles. The van der Waals surface area contributed by atoms with Gasteiger partial charge in [-0.1, -0.05) is 92.6 Å². The summed E-state index contributed by atoms with van der Waals surface area (Å²) in [6.45, 7) is 19.2. The van der Waals surface area contributed by atoms with E-state index in [9.17, 15) is 19.5 Å². The van der Waals surface area contributed by atoms with E-state index in [0.717, 1.165) is 11.1 Å². The zero-order valence-electron chi connectivity index (χ0n) is 23.5. The summed E-state index contributed by atoms with van der Waals surface area (Å²) >= 11 is 0. The maximum atomic E-state index is 13.9. The molecule has 2 N–H and O–H groups in total. The average molecular weight is 487 g/mol. The molecule has 35 heavy (non-hydrogen) atoms. The predicted octanol–water partition coefficient (Wildman–Crippen LogP) is 5.43. The van der Waals surface area contributed by atoms with Gasteiger partial charge in [-0.2, -0.15) is 0 Å². The number of benzene rings is 1. The molecular formula is C29H46N2O4. The third kappa shape index (κ3) is 7.18. The first-order valence-corrected chi connectivity index (χ1v) is 12.5. The highest BCUT2D eigenvalue weighted by Crippen LogP contribution is 2.33. The summed E-state index contributed by atoms with van der Waals surface area (Å²) in [4.78, 5) is 40.7. The van der Waals surface area contributed by atoms with Gasteiger partial charge >= 0.3 is 5.97 Å². The maximum Gasteiger partial charge on any atom is 0.331 e. The van der Waals surface area contributed by atoms with Gasteiger partial charge in [0.2, 0.25) is 11.8 Å². The van der Waals surface area contributed by atoms with Gasteiger partial charge in [-0.05, 0) is 35.8 Å². The Morgan fingerprint density at radius 2 is 1.51 bits per heavy atom. The lowest BCUT2D eigenvalue weighted by molar-refractivity contribution is -0.141. The zero-order valence-corrected chi connectivity index (χ0v) is 23.5. The Kier molecular flexibility index (Phi) is 10.3. The Balaban J connectivity index is 3.34. The highest BCUT2D eigenvalue weighted by molar-refractivity contribution is 5.90. The van der Waals surface area contributed by atoms with Crippen molar-refractivity contribution in [2.45, 2.75) is 93.2 Å². The summed E-state index contributed by atoms with van der Waals surface area (Å²) in [6.07, 6.45) is 0.521. The van der Waals surface area contributed by atoms with Crippen molar-refractivity contribution in [3.05, 3.63) is 47.0 Å². The molecule has 1 aromatic carbocycles. The van der Waals surface area contributed by atoms with Crippen molar-refractivity contribution in [2.75, 3.05) is 7.05 Å². The van der Waals surface area contributed by atoms with Gasteiger partial charge in [-0.15, -0.1) is 0 Å². The van der Waals surface area contributed by atoms with Crippen molar-refractivity contribution in [1.29, 1.82) is 0 Å². The monoisotopic (exact) mass is 486 g/mol. The molecule has 0 radical (unpaired) electrons. The largest absolute Gasteiger partial charge is 0.478 e. The number of rotatable bonds is 10. The molecular weight excluding hydrogens is 440 g/mol. The first-order valence-electron chi connectivity index (χ1n) is 12.5. The lowest BCUT2D eigenvalue weighted by atomic mass is 9.73. The molecule has 196 valence electrons. The topological polar surface area (TPSA) is 86.7 Å². The van der Waals surface area contributed by atoms with Gasteiger partial charge < -0.3 is 15.3 Å². The maximum absolute atomic E-state index is 13.9. The van der Waals surface area contributed by atoms with Crippen LogP contribution in [0, 0.1) is 17.3 Å². The van der Waals surface area contributed by atoms with Crippen LogP contribution in [0.2, 0.25) is 0 Å². The summed E-state index contributed by atoms with van der Waals surface area (Å²) in [5.41, 5.74) is 1.07. The number of carboxylic acids is 1. The number of amides is 2. The van der Waals surface area contributed by atoms with E-state index in [0.29, 0.717) is 6.42 Å². The van der Waals surface area contributed by atoms with E-state index in [1.807, 2.05) is 92.6 Å². The molecule has 0 unspecified atom stereocenters. The quantitative estimate of drug-likeness (QED) is 0.432. The van der Waals surface area contributed by atoms with E-state index in [1.54, 1.807) is 18.9 Å². The van der Waals surface area contributed by atoms with Crippen LogP contribution in [0.4, 0.5) is 0 Å². The number of carbonyl (C=O) groups is 3. The summed E-state index contributed by atoms with van der Waals surface area (Å²) < 4.78 is 0. The predicted molar refractivity (Wildman–Crippen MR) is 142 cm³/mol. The van der Waals surface area contributed by atoms with Crippen LogP contribution in [0.25, 0.3) is 0 Å². The number of hydrogen-bond acceptors (Lipinski definition) is 3. The minimum Gasteiger partial charge on any atom is -0.478 e. The van der Waals surface area contributed by atoms with E-state index in [-0.39, 0.29) is 35.3 Å². The van der Waals surface area contributed by atoms with Crippen LogP contribution in [0.3, 0.4) is 0 Å². The molecule has 0 aromatic heterocycles. The molecule has 0 spiro atoms. The van der Waals surface area contributed by atoms with E-state index < -0.39 is 22.8 Å². The van der Waals surface area contributed by atoms with Crippen molar-refractivity contribution < 1.29 is 19.5 Å². The van der Waals surface area contributed by atoms with Crippen LogP contribution in [0.5, 0.6) is 0 Å². The first kappa shape index (κ1) is 30.4. The van der Waals surface area contributed by atoms with Crippen LogP contribution in [0.1, 0.15) is 81.2 Å². The van der Waals surface area contributed by atoms with Gasteiger partial charge in [0.15, 0.2) is 0 Å². The van der Waals surface area contributed by atoms with Crippen LogP contribution < -0.4 is 5.32 Å². The summed E-state index contributed by atoms with van der Waals surface area (Å²) in [5.74, 6) is -1.77. The molecule has 1 aromatic rings. The molecule has 6 heteroatoms. The smallest absolute Gasteiger partial charge is 0.331 e. The van der Waals surface area contributed by atoms with Crippen LogP contribution >= 0.6 is 0 Å². The molecule has 0 aliphatic rings. The number of aliphatic carboxylic acids is 1. The molecule has 0 aliphatic carbocycles. The van der Waals surface area contributed by atoms with Crippen molar-refractivity contribution in [1.82, 2.24) is 10.2 Å². The number of carbonyl (C=O) groups excluding carboxylic acids is 2. The second kappa shape index (κ2) is 11.9. The van der Waals surface area contributed by atoms with Crippen molar-refractivity contribution in [2.24, 2.45) is 17.3 Å². The molecule has 3 atom stereocenters. The number of nitrogens with one attached hydrogen (secondary N) is 1. The van der Waals surface area contributed by atoms with E-state index in [1.165, 1.54) is 0 Å². The van der Waals surface area contributed by atoms with E-state index in [4.69, 9.17) is 0 Å². The standard InChI is InChI=1S/C29H46N2O4/c1-12-22(19(4)27(34)35)23(18(2)3)31(11)26(33)24(28(6,7)8)30-25(32)20(5)29(9,10)21-16-14-13-15-17-21/h13-18,20,23-24H,12H2,1-11H3,(H,30,32)(H,34,35)/t20-,23+,24-/m1/s1. The third-order valence-corrected chi connectivity index (χ3v) is 7.33. The lowest BCUT2D eigenvalue weighted by Crippen LogP contribution is -2.58. The van der Waals surface area contributed by atoms with Crippen LogP contribution in [0.15, 0.2) is 41.5 Å². The minimum absolute atomic E-state index is 0.000424. The van der Waals surface area contributed by atoms with Gasteiger partial charge in [-0.25, -0.2) is 4.79 Å². The molecule has 0 aliphatic heterocycles. The fourth-order valence-electron chi connectivity index (χ4n) is 4.62. The van der Waals surface area contributed by atoms with Gasteiger partial charge in [-0.3, -0.25) is 9.59 Å². The van der Waals surface area contributed by atoms with E-state index in [2.05, 4.69) is 5.32 Å². The average Bonchev–Trinajstić information content (AvgIpc) is 2.78. The summed E-state index contributed by atoms with van der Waals surface area (Å²) in [6, 6.07) is 8.75. The molecule has 0 saturated carbocycles. The molecule has 1 rings (SSSR count). The molecule has 0 fully saturated rings. The zero-order chi connectivity index (χ0) is 27.3. The Labute approximate surface area is 212 Å². The normalized spacial score (nSPS) is 15.7. The van der Waals surface area contributed by atoms with E-state index >= 15 is 0 Å². The minimum atomic E-state index is -0.981.